The number of rotatable bonds is 47. The molecule has 4 aromatic carbocycles. The van der Waals surface area contributed by atoms with E-state index in [0.717, 1.165) is 114 Å². The number of unbranched alkanes of at least 4 members (excludes halogenated alkanes) is 22. The number of hydrogen-bond acceptors (Lipinski definition) is 8. The molecule has 0 aliphatic carbocycles. The number of carbonyl (C=O) groups is 2. The molecule has 0 unspecified atom stereocenters. The molecule has 4 N–H and O–H groups in total. The van der Waals surface area contributed by atoms with Crippen molar-refractivity contribution in [1.82, 2.24) is 0 Å². The number of phenols is 2. The quantitative estimate of drug-likeness (QED) is 0.0191. The van der Waals surface area contributed by atoms with Crippen LogP contribution in [0.5, 0.6) is 23.0 Å². The number of phenolic OH excluding ortho intramolecular Hbond substituents is 2. The van der Waals surface area contributed by atoms with E-state index in [1.54, 1.807) is 0 Å². The first-order valence-corrected chi connectivity index (χ1v) is 36.6. The van der Waals surface area contributed by atoms with Gasteiger partial charge in [-0.1, -0.05) is 234 Å². The second kappa shape index (κ2) is 52.3. The monoisotopic (exact) mass is 1300 g/mol. The molecule has 0 bridgehead atoms. The van der Waals surface area contributed by atoms with E-state index in [1.807, 2.05) is 0 Å². The van der Waals surface area contributed by atoms with Crippen LogP contribution in [0.15, 0.2) is 58.5 Å². The van der Waals surface area contributed by atoms with E-state index in [1.165, 1.54) is 198 Å². The molecule has 0 aliphatic heterocycles. The molecule has 0 amide bonds. The van der Waals surface area contributed by atoms with E-state index in [4.69, 9.17) is 9.98 Å². The molecule has 0 radical (unpaired) electrons. The van der Waals surface area contributed by atoms with Crippen LogP contribution in [0.1, 0.15) is 353 Å². The van der Waals surface area contributed by atoms with E-state index in [-0.39, 0.29) is 27.6 Å². The average molecular weight is 1300 g/mol. The molecular weight excluding hydrogens is 1180 g/mol. The average Bonchev–Trinajstić information content (AvgIpc) is 0.939. The van der Waals surface area contributed by atoms with Crippen molar-refractivity contribution in [2.45, 2.75) is 339 Å². The van der Waals surface area contributed by atoms with Gasteiger partial charge in [0.15, 0.2) is 0 Å². The minimum absolute atomic E-state index is 0. The van der Waals surface area contributed by atoms with Gasteiger partial charge in [-0.05, 0) is 209 Å². The molecule has 0 aromatic heterocycles. The summed E-state index contributed by atoms with van der Waals surface area (Å²) < 4.78 is 0. The number of aromatic hydroxyl groups is 2. The zero-order chi connectivity index (χ0) is 66.3. The Kier molecular flexibility index (Phi) is 48.2. The van der Waals surface area contributed by atoms with Crippen molar-refractivity contribution in [3.8, 4) is 23.0 Å². The van der Waals surface area contributed by atoms with E-state index in [9.17, 15) is 40.2 Å². The smallest absolute Gasteiger partial charge is 0.869 e. The van der Waals surface area contributed by atoms with Gasteiger partial charge in [0.25, 0.3) is 0 Å². The molecule has 91 heavy (non-hydrogen) atoms. The molecule has 4 rings (SSSR count). The summed E-state index contributed by atoms with van der Waals surface area (Å²) >= 11 is 0. The van der Waals surface area contributed by atoms with Crippen LogP contribution in [0.25, 0.3) is 0 Å². The van der Waals surface area contributed by atoms with Crippen molar-refractivity contribution in [2.24, 2.45) is 9.98 Å². The van der Waals surface area contributed by atoms with Crippen LogP contribution in [0.3, 0.4) is 0 Å². The van der Waals surface area contributed by atoms with Gasteiger partial charge in [-0.15, -0.1) is 0 Å². The van der Waals surface area contributed by atoms with Gasteiger partial charge in [-0.25, -0.2) is 9.59 Å². The number of aliphatic imine (C=N–C) groups is 2. The largest absolute Gasteiger partial charge is 2.00 e. The summed E-state index contributed by atoms with van der Waals surface area (Å²) in [5, 5.41) is 61.5. The van der Waals surface area contributed by atoms with E-state index in [0.29, 0.717) is 36.8 Å². The summed E-state index contributed by atoms with van der Waals surface area (Å²) in [6.45, 7) is 22.1. The fourth-order valence-corrected chi connectivity index (χ4v) is 11.9. The Balaban J connectivity index is 0.000000822. The Labute approximate surface area is 564 Å². The first kappa shape index (κ1) is 83.9. The summed E-state index contributed by atoms with van der Waals surface area (Å²) in [5.74, 6) is -4.90. The Morgan fingerprint density at radius 3 is 0.868 bits per heavy atom. The molecule has 514 valence electrons. The Morgan fingerprint density at radius 2 is 0.582 bits per heavy atom. The first-order chi connectivity index (χ1) is 43.6. The second-order valence-corrected chi connectivity index (χ2v) is 25.5. The third-order valence-corrected chi connectivity index (χ3v) is 17.3. The molecule has 0 aliphatic rings. The Morgan fingerprint density at radius 1 is 0.330 bits per heavy atom. The standard InChI is InChI=1S/C48H80N2.2C16H24O4.Ni/c1-7-13-19-21-22-28-34-48(50-46-39-43(31-25-17-11-5)36-44(40-46)32-26-18-12-6)47(33-27-20-14-8-2)49-45-37-41(29-23-15-9-3)35-42(38-45)30-24-16-10-4;2*1-3-5-7-9-12-11(8-6-4-2)10-13(17)15(18)14(12)16(19)20;/h35-40H,7-34H2,1-6H3;2*10,17-18H,3-9H2,1-2H3,(H,19,20);/q;;;+2/p-2. The summed E-state index contributed by atoms with van der Waals surface area (Å²) in [7, 11) is 0. The summed E-state index contributed by atoms with van der Waals surface area (Å²) in [4.78, 5) is 33.9. The SMILES string of the molecule is CCCCCCCCC(=Nc1cc(CCCCC)cc(CCCCC)c1)C(CCCCCC)=Nc1cc(CCCCC)cc(CCCCC)c1.CCCCCc1c(CCCC)cc(O)c([O-])c1C(=O)O.CCCCCc1c(CCCC)cc(O)c([O-])c1C(=O)O.[Ni+2]. The first-order valence-electron chi connectivity index (χ1n) is 36.6. The van der Waals surface area contributed by atoms with Gasteiger partial charge in [0.2, 0.25) is 0 Å². The van der Waals surface area contributed by atoms with Crippen LogP contribution in [0.4, 0.5) is 11.4 Å². The molecule has 0 saturated heterocycles. The third kappa shape index (κ3) is 34.0. The molecule has 0 fully saturated rings. The minimum Gasteiger partial charge on any atom is -0.869 e. The molecule has 0 atom stereocenters. The zero-order valence-electron chi connectivity index (χ0n) is 58.9. The molecule has 0 heterocycles. The predicted octanol–water partition coefficient (Wildman–Crippen LogP) is 22.7. The number of aryl methyl sites for hydroxylation is 6. The van der Waals surface area contributed by atoms with Gasteiger partial charge in [-0.2, -0.15) is 0 Å². The fraction of sp³-hybridized carbons (Fsp3) is 0.650. The Bertz CT molecular complexity index is 2530. The van der Waals surface area contributed by atoms with Crippen molar-refractivity contribution in [3.63, 3.8) is 0 Å². The minimum atomic E-state index is -1.24. The second-order valence-electron chi connectivity index (χ2n) is 25.5. The molecular formula is C80H126N2NiO8. The van der Waals surface area contributed by atoms with Crippen LogP contribution >= 0.6 is 0 Å². The fourth-order valence-electron chi connectivity index (χ4n) is 11.9. The predicted molar refractivity (Wildman–Crippen MR) is 379 cm³/mol. The van der Waals surface area contributed by atoms with Crippen LogP contribution in [0, 0.1) is 0 Å². The topological polar surface area (TPSA) is 186 Å². The van der Waals surface area contributed by atoms with Gasteiger partial charge in [-0.3, -0.25) is 9.98 Å². The maximum atomic E-state index is 11.9. The third-order valence-electron chi connectivity index (χ3n) is 17.3. The summed E-state index contributed by atoms with van der Waals surface area (Å²) in [5.41, 5.74) is 13.1. The van der Waals surface area contributed by atoms with Gasteiger partial charge in [0.05, 0.1) is 33.9 Å². The van der Waals surface area contributed by atoms with Crippen LogP contribution in [-0.2, 0) is 67.9 Å². The summed E-state index contributed by atoms with van der Waals surface area (Å²) in [6, 6.07) is 17.5. The van der Waals surface area contributed by atoms with Gasteiger partial charge in [0, 0.05) is 0 Å². The number of benzene rings is 4. The van der Waals surface area contributed by atoms with Crippen molar-refractivity contribution in [1.29, 1.82) is 0 Å². The van der Waals surface area contributed by atoms with Gasteiger partial charge in [0.1, 0.15) is 11.5 Å². The number of carboxylic acids is 2. The molecule has 10 nitrogen and oxygen atoms in total. The van der Waals surface area contributed by atoms with Crippen LogP contribution in [-0.4, -0.2) is 43.8 Å². The summed E-state index contributed by atoms with van der Waals surface area (Å²) in [6.07, 6.45) is 47.1. The van der Waals surface area contributed by atoms with Crippen molar-refractivity contribution < 1.29 is 56.7 Å². The normalized spacial score (nSPS) is 11.5. The van der Waals surface area contributed by atoms with Gasteiger partial charge >= 0.3 is 28.4 Å². The maximum absolute atomic E-state index is 11.9. The van der Waals surface area contributed by atoms with Crippen LogP contribution in [0.2, 0.25) is 0 Å². The van der Waals surface area contributed by atoms with E-state index in [2.05, 4.69) is 106 Å². The van der Waals surface area contributed by atoms with E-state index < -0.39 is 34.9 Å². The number of hydrogen-bond donors (Lipinski definition) is 4. The number of aromatic carboxylic acids is 2. The van der Waals surface area contributed by atoms with Crippen molar-refractivity contribution in [2.75, 3.05) is 0 Å². The molecule has 11 heteroatoms. The Hall–Kier alpha value is -5.15. The maximum Gasteiger partial charge on any atom is 2.00 e. The molecule has 0 saturated carbocycles. The molecule has 4 aromatic rings. The van der Waals surface area contributed by atoms with Crippen molar-refractivity contribution >= 4 is 34.7 Å². The van der Waals surface area contributed by atoms with E-state index >= 15 is 0 Å². The molecule has 0 spiro atoms. The van der Waals surface area contributed by atoms with Gasteiger partial charge < -0.3 is 30.6 Å². The van der Waals surface area contributed by atoms with Crippen molar-refractivity contribution in [3.05, 3.63) is 104 Å². The van der Waals surface area contributed by atoms with Crippen LogP contribution < -0.4 is 10.2 Å². The number of carboxylic acid groups (broad SMARTS) is 2. The zero-order valence-corrected chi connectivity index (χ0v) is 59.9. The number of nitrogens with zero attached hydrogens (tertiary/aromatic N) is 2.